The number of rotatable bonds is 6. The molecule has 0 amide bonds. The molecule has 1 unspecified atom stereocenters. The molecule has 2 aromatic carbocycles. The van der Waals surface area contributed by atoms with E-state index in [0.717, 1.165) is 16.6 Å². The Hall–Kier alpha value is -2.22. The third-order valence-electron chi connectivity index (χ3n) is 4.10. The largest absolute Gasteiger partial charge is 0.354 e. The number of sulfonamides is 1. The van der Waals surface area contributed by atoms with E-state index < -0.39 is 10.0 Å². The SMILES string of the molecule is CCc1nc(NC(Br)C=Cc2ccccc2)cc2c(S(N)(=O)=O)cccc12. The van der Waals surface area contributed by atoms with E-state index in [4.69, 9.17) is 5.14 Å². The Bertz CT molecular complexity index is 1080. The van der Waals surface area contributed by atoms with Crippen molar-refractivity contribution in [2.24, 2.45) is 5.14 Å². The lowest BCUT2D eigenvalue weighted by Gasteiger charge is -2.14. The number of halogens is 1. The minimum atomic E-state index is -3.83. The van der Waals surface area contributed by atoms with Gasteiger partial charge in [0.15, 0.2) is 0 Å². The van der Waals surface area contributed by atoms with Gasteiger partial charge in [-0.1, -0.05) is 77.5 Å². The van der Waals surface area contributed by atoms with E-state index in [1.807, 2.05) is 55.5 Å². The molecule has 0 bridgehead atoms. The number of nitrogens with one attached hydrogen (secondary N) is 1. The topological polar surface area (TPSA) is 85.1 Å². The van der Waals surface area contributed by atoms with Crippen LogP contribution < -0.4 is 10.5 Å². The van der Waals surface area contributed by atoms with E-state index in [2.05, 4.69) is 26.2 Å². The summed E-state index contributed by atoms with van der Waals surface area (Å²) in [6, 6.07) is 16.7. The molecule has 3 N–H and O–H groups in total. The van der Waals surface area contributed by atoms with Crippen LogP contribution in [0.2, 0.25) is 0 Å². The number of primary sulfonamides is 1. The van der Waals surface area contributed by atoms with Gasteiger partial charge in [0.2, 0.25) is 10.0 Å². The van der Waals surface area contributed by atoms with Gasteiger partial charge in [0, 0.05) is 10.8 Å². The van der Waals surface area contributed by atoms with Crippen LogP contribution in [-0.2, 0) is 16.4 Å². The van der Waals surface area contributed by atoms with Crippen molar-refractivity contribution in [2.45, 2.75) is 23.2 Å². The molecule has 3 aromatic rings. The Morgan fingerprint density at radius 1 is 1.15 bits per heavy atom. The van der Waals surface area contributed by atoms with E-state index in [9.17, 15) is 8.42 Å². The molecule has 0 aliphatic carbocycles. The number of alkyl halides is 1. The lowest BCUT2D eigenvalue weighted by atomic mass is 10.1. The Labute approximate surface area is 167 Å². The van der Waals surface area contributed by atoms with Crippen LogP contribution in [0.3, 0.4) is 0 Å². The first-order chi connectivity index (χ1) is 12.9. The van der Waals surface area contributed by atoms with E-state index in [1.54, 1.807) is 12.1 Å². The van der Waals surface area contributed by atoms with Crippen LogP contribution in [0.5, 0.6) is 0 Å². The van der Waals surface area contributed by atoms with Crippen LogP contribution >= 0.6 is 15.9 Å². The smallest absolute Gasteiger partial charge is 0.238 e. The highest BCUT2D eigenvalue weighted by atomic mass is 79.9. The number of hydrogen-bond donors (Lipinski definition) is 2. The van der Waals surface area contributed by atoms with Gasteiger partial charge in [-0.15, -0.1) is 0 Å². The van der Waals surface area contributed by atoms with Crippen molar-refractivity contribution in [3.05, 3.63) is 71.9 Å². The van der Waals surface area contributed by atoms with Gasteiger partial charge < -0.3 is 5.32 Å². The number of nitrogens with two attached hydrogens (primary N) is 1. The molecule has 0 fully saturated rings. The number of pyridine rings is 1. The second-order valence-corrected chi connectivity index (χ2v) is 8.54. The number of aromatic nitrogens is 1. The molecule has 3 rings (SSSR count). The van der Waals surface area contributed by atoms with Gasteiger partial charge in [0.25, 0.3) is 0 Å². The summed E-state index contributed by atoms with van der Waals surface area (Å²) in [6.45, 7) is 1.98. The van der Waals surface area contributed by atoms with Crippen molar-refractivity contribution in [3.8, 4) is 0 Å². The van der Waals surface area contributed by atoms with Crippen LogP contribution in [0.4, 0.5) is 5.82 Å². The summed E-state index contributed by atoms with van der Waals surface area (Å²) in [5, 5.41) is 9.99. The standard InChI is InChI=1S/C20H20BrN3O2S/c1-2-17-15-9-6-10-18(27(22,25)26)16(15)13-20(23-17)24-19(21)12-11-14-7-4-3-5-8-14/h3-13,19H,2H2,1H3,(H,23,24)(H2,22,25,26). The van der Waals surface area contributed by atoms with Crippen molar-refractivity contribution in [1.29, 1.82) is 0 Å². The van der Waals surface area contributed by atoms with Crippen LogP contribution in [-0.4, -0.2) is 18.4 Å². The second kappa shape index (κ2) is 8.21. The van der Waals surface area contributed by atoms with Gasteiger partial charge >= 0.3 is 0 Å². The van der Waals surface area contributed by atoms with Crippen LogP contribution in [0.15, 0.2) is 65.6 Å². The minimum absolute atomic E-state index is 0.103. The highest BCUT2D eigenvalue weighted by molar-refractivity contribution is 9.09. The molecule has 0 saturated heterocycles. The van der Waals surface area contributed by atoms with Crippen LogP contribution in [0, 0.1) is 0 Å². The van der Waals surface area contributed by atoms with E-state index >= 15 is 0 Å². The van der Waals surface area contributed by atoms with Crippen molar-refractivity contribution in [3.63, 3.8) is 0 Å². The Balaban J connectivity index is 1.96. The van der Waals surface area contributed by atoms with Gasteiger partial charge in [-0.25, -0.2) is 18.5 Å². The zero-order valence-corrected chi connectivity index (χ0v) is 17.2. The number of hydrogen-bond acceptors (Lipinski definition) is 4. The maximum Gasteiger partial charge on any atom is 0.238 e. The predicted octanol–water partition coefficient (Wildman–Crippen LogP) is 4.29. The summed E-state index contributed by atoms with van der Waals surface area (Å²) in [5.74, 6) is 0.579. The third kappa shape index (κ3) is 4.74. The molecule has 5 nitrogen and oxygen atoms in total. The summed E-state index contributed by atoms with van der Waals surface area (Å²) in [5.41, 5.74) is 1.90. The average Bonchev–Trinajstić information content (AvgIpc) is 2.65. The van der Waals surface area contributed by atoms with Crippen LogP contribution in [0.1, 0.15) is 18.2 Å². The predicted molar refractivity (Wildman–Crippen MR) is 114 cm³/mol. The highest BCUT2D eigenvalue weighted by Crippen LogP contribution is 2.28. The van der Waals surface area contributed by atoms with Crippen molar-refractivity contribution in [1.82, 2.24) is 4.98 Å². The highest BCUT2D eigenvalue weighted by Gasteiger charge is 2.16. The third-order valence-corrected chi connectivity index (χ3v) is 5.60. The fraction of sp³-hybridized carbons (Fsp3) is 0.150. The molecule has 0 saturated carbocycles. The summed E-state index contributed by atoms with van der Waals surface area (Å²) in [4.78, 5) is 4.56. The van der Waals surface area contributed by atoms with Gasteiger partial charge in [0.1, 0.15) is 10.8 Å². The van der Waals surface area contributed by atoms with Crippen molar-refractivity contribution < 1.29 is 8.42 Å². The maximum absolute atomic E-state index is 12.0. The maximum atomic E-state index is 12.0. The summed E-state index contributed by atoms with van der Waals surface area (Å²) in [7, 11) is -3.83. The first-order valence-corrected chi connectivity index (χ1v) is 10.9. The van der Waals surface area contributed by atoms with Gasteiger partial charge in [-0.05, 0) is 24.1 Å². The fourth-order valence-corrected chi connectivity index (χ4v) is 3.99. The van der Waals surface area contributed by atoms with E-state index in [0.29, 0.717) is 17.6 Å². The lowest BCUT2D eigenvalue weighted by Crippen LogP contribution is -2.14. The monoisotopic (exact) mass is 445 g/mol. The first-order valence-electron chi connectivity index (χ1n) is 8.48. The first kappa shape index (κ1) is 19.5. The molecule has 0 radical (unpaired) electrons. The second-order valence-electron chi connectivity index (χ2n) is 6.02. The number of anilines is 1. The Morgan fingerprint density at radius 2 is 1.89 bits per heavy atom. The molecular weight excluding hydrogens is 426 g/mol. The molecule has 27 heavy (non-hydrogen) atoms. The Kier molecular flexibility index (Phi) is 5.94. The number of fused-ring (bicyclic) bond motifs is 1. The Morgan fingerprint density at radius 3 is 2.56 bits per heavy atom. The molecular formula is C20H20BrN3O2S. The normalized spacial score (nSPS) is 13.1. The molecule has 1 heterocycles. The molecule has 0 aliphatic rings. The van der Waals surface area contributed by atoms with E-state index in [-0.39, 0.29) is 9.85 Å². The minimum Gasteiger partial charge on any atom is -0.354 e. The summed E-state index contributed by atoms with van der Waals surface area (Å²) in [6.07, 6.45) is 4.62. The fourth-order valence-electron chi connectivity index (χ4n) is 2.86. The lowest BCUT2D eigenvalue weighted by molar-refractivity contribution is 0.598. The zero-order valence-electron chi connectivity index (χ0n) is 14.8. The molecule has 0 spiro atoms. The quantitative estimate of drug-likeness (QED) is 0.437. The summed E-state index contributed by atoms with van der Waals surface area (Å²) < 4.78 is 23.9. The van der Waals surface area contributed by atoms with Crippen LogP contribution in [0.25, 0.3) is 16.8 Å². The number of benzene rings is 2. The summed E-state index contributed by atoms with van der Waals surface area (Å²) >= 11 is 3.56. The van der Waals surface area contributed by atoms with Gasteiger partial charge in [-0.3, -0.25) is 0 Å². The van der Waals surface area contributed by atoms with Crippen molar-refractivity contribution >= 4 is 48.6 Å². The average molecular weight is 446 g/mol. The molecule has 7 heteroatoms. The molecule has 140 valence electrons. The zero-order chi connectivity index (χ0) is 19.4. The number of nitrogens with zero attached hydrogens (tertiary/aromatic N) is 1. The molecule has 1 aromatic heterocycles. The van der Waals surface area contributed by atoms with E-state index in [1.165, 1.54) is 6.07 Å². The van der Waals surface area contributed by atoms with Gasteiger partial charge in [0.05, 0.1) is 10.6 Å². The molecule has 0 aliphatic heterocycles. The number of aryl methyl sites for hydroxylation is 1. The van der Waals surface area contributed by atoms with Crippen molar-refractivity contribution in [2.75, 3.05) is 5.32 Å². The van der Waals surface area contributed by atoms with Gasteiger partial charge in [-0.2, -0.15) is 0 Å². The molecule has 1 atom stereocenters.